The van der Waals surface area contributed by atoms with E-state index < -0.39 is 42.4 Å². The van der Waals surface area contributed by atoms with Crippen molar-refractivity contribution in [1.82, 2.24) is 24.7 Å². The van der Waals surface area contributed by atoms with Crippen LogP contribution in [0.1, 0.15) is 25.8 Å². The van der Waals surface area contributed by atoms with Crippen LogP contribution in [-0.4, -0.2) is 55.3 Å². The van der Waals surface area contributed by atoms with Crippen LogP contribution >= 0.6 is 0 Å². The Balaban J connectivity index is 1.78. The third-order valence-electron chi connectivity index (χ3n) is 5.58. The average Bonchev–Trinajstić information content (AvgIpc) is 3.27. The number of fused-ring (bicyclic) bond motifs is 2. The van der Waals surface area contributed by atoms with Gasteiger partial charge in [-0.25, -0.2) is 19.6 Å². The SMILES string of the molecule is CCOC(=O)C1(C)C(=O)Nc2nc(-c3nn(CCC(F)(F)C(F)(F)F)c4ncccc34)nc(N)c21. The van der Waals surface area contributed by atoms with Crippen LogP contribution in [0.4, 0.5) is 33.6 Å². The fraction of sp³-hybridized carbons (Fsp3) is 0.400. The van der Waals surface area contributed by atoms with E-state index in [0.717, 1.165) is 4.68 Å². The number of carbonyl (C=O) groups is 2. The summed E-state index contributed by atoms with van der Waals surface area (Å²) in [5.41, 5.74) is 4.26. The predicted octanol–water partition coefficient (Wildman–Crippen LogP) is 2.83. The van der Waals surface area contributed by atoms with E-state index in [1.165, 1.54) is 25.3 Å². The van der Waals surface area contributed by atoms with Crippen LogP contribution in [0.3, 0.4) is 0 Å². The molecule has 1 atom stereocenters. The van der Waals surface area contributed by atoms with Gasteiger partial charge in [0.25, 0.3) is 0 Å². The number of nitrogens with two attached hydrogens (primary N) is 1. The summed E-state index contributed by atoms with van der Waals surface area (Å²) in [6, 6.07) is 3.00. The van der Waals surface area contributed by atoms with E-state index in [1.807, 2.05) is 0 Å². The lowest BCUT2D eigenvalue weighted by molar-refractivity contribution is -0.285. The molecule has 35 heavy (non-hydrogen) atoms. The number of pyridine rings is 1. The summed E-state index contributed by atoms with van der Waals surface area (Å²) < 4.78 is 70.6. The molecular weight excluding hydrogens is 481 g/mol. The number of aromatic nitrogens is 5. The van der Waals surface area contributed by atoms with Gasteiger partial charge in [-0.3, -0.25) is 9.59 Å². The molecule has 15 heteroatoms. The van der Waals surface area contributed by atoms with E-state index in [-0.39, 0.29) is 46.4 Å². The van der Waals surface area contributed by atoms with E-state index >= 15 is 0 Å². The van der Waals surface area contributed by atoms with Gasteiger partial charge in [-0.1, -0.05) is 0 Å². The molecule has 1 aliphatic heterocycles. The summed E-state index contributed by atoms with van der Waals surface area (Å²) in [5, 5.41) is 6.80. The van der Waals surface area contributed by atoms with Crippen LogP contribution in [0.2, 0.25) is 0 Å². The van der Waals surface area contributed by atoms with Gasteiger partial charge in [0.1, 0.15) is 17.3 Å². The molecule has 3 N–H and O–H groups in total. The van der Waals surface area contributed by atoms with Crippen LogP contribution in [0, 0.1) is 0 Å². The van der Waals surface area contributed by atoms with Gasteiger partial charge in [0.15, 0.2) is 16.9 Å². The van der Waals surface area contributed by atoms with Gasteiger partial charge in [-0.05, 0) is 26.0 Å². The van der Waals surface area contributed by atoms with Gasteiger partial charge in [-0.2, -0.15) is 27.1 Å². The Kier molecular flexibility index (Phi) is 5.60. The normalized spacial score (nSPS) is 18.0. The average molecular weight is 499 g/mol. The number of hydrogen-bond acceptors (Lipinski definition) is 8. The highest BCUT2D eigenvalue weighted by atomic mass is 19.4. The summed E-state index contributed by atoms with van der Waals surface area (Å²) in [5.74, 6) is -7.01. The van der Waals surface area contributed by atoms with Crippen molar-refractivity contribution < 1.29 is 36.3 Å². The molecule has 1 aliphatic rings. The minimum atomic E-state index is -5.71. The minimum absolute atomic E-state index is 0.00335. The molecule has 4 heterocycles. The number of amides is 1. The molecule has 0 aliphatic carbocycles. The molecule has 1 amide bonds. The highest BCUT2D eigenvalue weighted by molar-refractivity contribution is 6.19. The highest BCUT2D eigenvalue weighted by Crippen LogP contribution is 2.42. The van der Waals surface area contributed by atoms with E-state index in [1.54, 1.807) is 6.92 Å². The molecule has 4 rings (SSSR count). The van der Waals surface area contributed by atoms with Crippen molar-refractivity contribution in [3.63, 3.8) is 0 Å². The van der Waals surface area contributed by atoms with Crippen LogP contribution in [-0.2, 0) is 26.3 Å². The highest BCUT2D eigenvalue weighted by Gasteiger charge is 2.57. The number of hydrogen-bond donors (Lipinski definition) is 2. The van der Waals surface area contributed by atoms with Gasteiger partial charge in [-0.15, -0.1) is 0 Å². The molecule has 0 spiro atoms. The number of halogens is 5. The van der Waals surface area contributed by atoms with Crippen molar-refractivity contribution in [1.29, 1.82) is 0 Å². The predicted molar refractivity (Wildman–Crippen MR) is 111 cm³/mol. The summed E-state index contributed by atoms with van der Waals surface area (Å²) >= 11 is 0. The third kappa shape index (κ3) is 3.80. The van der Waals surface area contributed by atoms with Crippen LogP contribution in [0.15, 0.2) is 18.3 Å². The molecule has 0 saturated carbocycles. The van der Waals surface area contributed by atoms with Gasteiger partial charge < -0.3 is 15.8 Å². The molecule has 186 valence electrons. The Bertz CT molecular complexity index is 1340. The first-order valence-electron chi connectivity index (χ1n) is 10.2. The lowest BCUT2D eigenvalue weighted by Gasteiger charge is -2.20. The maximum Gasteiger partial charge on any atom is 0.453 e. The second-order valence-corrected chi connectivity index (χ2v) is 7.85. The Labute approximate surface area is 193 Å². The number of nitrogens with one attached hydrogen (secondary N) is 1. The molecule has 0 aromatic carbocycles. The summed E-state index contributed by atoms with van der Waals surface area (Å²) in [7, 11) is 0. The van der Waals surface area contributed by atoms with E-state index in [4.69, 9.17) is 10.5 Å². The van der Waals surface area contributed by atoms with Crippen molar-refractivity contribution in [2.24, 2.45) is 0 Å². The number of carbonyl (C=O) groups excluding carboxylic acids is 2. The number of anilines is 2. The second kappa shape index (κ2) is 8.09. The summed E-state index contributed by atoms with van der Waals surface area (Å²) in [4.78, 5) is 37.5. The number of esters is 1. The summed E-state index contributed by atoms with van der Waals surface area (Å²) in [6.07, 6.45) is -5.97. The number of nitrogen functional groups attached to an aromatic ring is 1. The number of nitrogens with zero attached hydrogens (tertiary/aromatic N) is 5. The van der Waals surface area contributed by atoms with Crippen molar-refractivity contribution in [2.45, 2.75) is 44.3 Å². The standard InChI is InChI=1S/C20H18F5N7O3/c1-3-35-17(34)18(2)10-12(26)28-14(29-13(10)30-16(18)33)11-9-5-4-7-27-15(9)32(31-11)8-6-19(21,22)20(23,24)25/h4-5,7H,3,6,8H2,1-2H3,(H3,26,28,29,30,33). The van der Waals surface area contributed by atoms with Gasteiger partial charge in [0.05, 0.1) is 17.6 Å². The number of rotatable bonds is 6. The molecule has 0 saturated heterocycles. The maximum atomic E-state index is 13.5. The monoisotopic (exact) mass is 499 g/mol. The topological polar surface area (TPSA) is 138 Å². The largest absolute Gasteiger partial charge is 0.465 e. The fourth-order valence-electron chi connectivity index (χ4n) is 3.70. The minimum Gasteiger partial charge on any atom is -0.465 e. The van der Waals surface area contributed by atoms with Gasteiger partial charge >= 0.3 is 18.1 Å². The molecule has 3 aromatic rings. The second-order valence-electron chi connectivity index (χ2n) is 7.85. The van der Waals surface area contributed by atoms with Gasteiger partial charge in [0.2, 0.25) is 5.91 Å². The van der Waals surface area contributed by atoms with Crippen molar-refractivity contribution >= 4 is 34.5 Å². The number of ether oxygens (including phenoxy) is 1. The Morgan fingerprint density at radius 1 is 1.26 bits per heavy atom. The lowest BCUT2D eigenvalue weighted by atomic mass is 9.84. The molecule has 0 bridgehead atoms. The lowest BCUT2D eigenvalue weighted by Crippen LogP contribution is -2.41. The van der Waals surface area contributed by atoms with E-state index in [2.05, 4.69) is 25.4 Å². The molecular formula is C20H18F5N7O3. The van der Waals surface area contributed by atoms with Gasteiger partial charge in [0, 0.05) is 19.2 Å². The maximum absolute atomic E-state index is 13.5. The third-order valence-corrected chi connectivity index (χ3v) is 5.58. The van der Waals surface area contributed by atoms with Crippen LogP contribution < -0.4 is 11.1 Å². The zero-order valence-electron chi connectivity index (χ0n) is 18.3. The molecule has 0 fully saturated rings. The number of alkyl halides is 5. The van der Waals surface area contributed by atoms with Crippen molar-refractivity contribution in [3.05, 3.63) is 23.9 Å². The Morgan fingerprint density at radius 2 is 1.97 bits per heavy atom. The zero-order valence-corrected chi connectivity index (χ0v) is 18.3. The Hall–Kier alpha value is -3.91. The Morgan fingerprint density at radius 3 is 2.63 bits per heavy atom. The van der Waals surface area contributed by atoms with Crippen LogP contribution in [0.5, 0.6) is 0 Å². The first-order chi connectivity index (χ1) is 16.3. The molecule has 0 radical (unpaired) electrons. The smallest absolute Gasteiger partial charge is 0.453 e. The summed E-state index contributed by atoms with van der Waals surface area (Å²) in [6.45, 7) is 2.08. The molecule has 3 aromatic heterocycles. The molecule has 1 unspecified atom stereocenters. The first-order valence-corrected chi connectivity index (χ1v) is 10.2. The van der Waals surface area contributed by atoms with Crippen molar-refractivity contribution in [2.75, 3.05) is 17.7 Å². The quantitative estimate of drug-likeness (QED) is 0.300. The van der Waals surface area contributed by atoms with Crippen LogP contribution in [0.25, 0.3) is 22.6 Å². The van der Waals surface area contributed by atoms with E-state index in [9.17, 15) is 31.5 Å². The fourth-order valence-corrected chi connectivity index (χ4v) is 3.70. The zero-order chi connectivity index (χ0) is 25.8. The number of aryl methyl sites for hydroxylation is 1. The first kappa shape index (κ1) is 24.2. The van der Waals surface area contributed by atoms with Crippen molar-refractivity contribution in [3.8, 4) is 11.5 Å². The molecule has 10 nitrogen and oxygen atoms in total. The van der Waals surface area contributed by atoms with E-state index in [0.29, 0.717) is 0 Å².